The van der Waals surface area contributed by atoms with E-state index >= 15 is 0 Å². The number of rotatable bonds is 18. The van der Waals surface area contributed by atoms with Crippen LogP contribution in [-0.2, 0) is 31.9 Å². The maximum absolute atomic E-state index is 12.0. The van der Waals surface area contributed by atoms with Crippen LogP contribution in [-0.4, -0.2) is 25.2 Å². The summed E-state index contributed by atoms with van der Waals surface area (Å²) < 4.78 is 17.2. The first-order valence-electron chi connectivity index (χ1n) is 21.0. The maximum atomic E-state index is 12.0. The molecule has 6 aromatic rings. The summed E-state index contributed by atoms with van der Waals surface area (Å²) in [6.07, 6.45) is 6.68. The van der Waals surface area contributed by atoms with Gasteiger partial charge in [0.1, 0.15) is 11.5 Å². The fraction of sp³-hybridized carbons (Fsp3) is 0.222. The largest absolute Gasteiger partial charge is 0.462 e. The minimum Gasteiger partial charge on any atom is -0.462 e. The molecule has 0 saturated carbocycles. The van der Waals surface area contributed by atoms with Crippen LogP contribution in [0, 0.1) is 13.8 Å². The van der Waals surface area contributed by atoms with E-state index in [1.807, 2.05) is 38.1 Å². The standard InChI is InChI=1S/C54H56N2O5/c1-7-41(5)53(57)59-37-9-11-43-17-25-47(26-18-43)55(45-21-13-39(3)14-22-45)49-29-33-51(34-30-49)61-52-35-31-50(32-36-52)56(46-23-15-40(4)16-24-46)48-27-19-44(20-28-48)12-10-38-60-54(58)42(6)8-2/h7-8,13-36H,9-12,37-38H2,1-6H3. The lowest BCUT2D eigenvalue weighted by molar-refractivity contribution is -0.139. The average molecular weight is 813 g/mol. The fourth-order valence-electron chi connectivity index (χ4n) is 6.71. The lowest BCUT2D eigenvalue weighted by Gasteiger charge is -2.26. The summed E-state index contributed by atoms with van der Waals surface area (Å²) >= 11 is 0. The van der Waals surface area contributed by atoms with Crippen LogP contribution in [0.1, 0.15) is 62.8 Å². The summed E-state index contributed by atoms with van der Waals surface area (Å²) in [7, 11) is 0. The van der Waals surface area contributed by atoms with E-state index in [9.17, 15) is 9.59 Å². The number of nitrogens with zero attached hydrogens (tertiary/aromatic N) is 2. The number of esters is 2. The smallest absolute Gasteiger partial charge is 0.333 e. The molecule has 0 aliphatic carbocycles. The van der Waals surface area contributed by atoms with Crippen molar-refractivity contribution < 1.29 is 23.8 Å². The Morgan fingerprint density at radius 1 is 0.443 bits per heavy atom. The van der Waals surface area contributed by atoms with Crippen molar-refractivity contribution in [2.45, 2.75) is 67.2 Å². The SMILES string of the molecule is CC=C(C)C(=O)OCCCc1ccc(N(c2ccc(C)cc2)c2ccc(Oc3ccc(N(c4ccc(C)cc4)c4ccc(CCCOC(=O)C(C)=CC)cc4)cc3)cc2)cc1. The predicted molar refractivity (Wildman–Crippen MR) is 249 cm³/mol. The summed E-state index contributed by atoms with van der Waals surface area (Å²) in [5.74, 6) is 0.954. The molecule has 0 N–H and O–H groups in total. The highest BCUT2D eigenvalue weighted by molar-refractivity contribution is 5.88. The van der Waals surface area contributed by atoms with Gasteiger partial charge in [0.15, 0.2) is 0 Å². The van der Waals surface area contributed by atoms with Crippen molar-refractivity contribution >= 4 is 46.1 Å². The van der Waals surface area contributed by atoms with Crippen LogP contribution in [0.4, 0.5) is 34.1 Å². The van der Waals surface area contributed by atoms with Crippen LogP contribution >= 0.6 is 0 Å². The Morgan fingerprint density at radius 3 is 1.02 bits per heavy atom. The molecule has 6 aromatic carbocycles. The molecule has 0 aliphatic rings. The van der Waals surface area contributed by atoms with E-state index in [1.54, 1.807) is 26.0 Å². The van der Waals surface area contributed by atoms with E-state index in [0.29, 0.717) is 24.4 Å². The van der Waals surface area contributed by atoms with E-state index < -0.39 is 0 Å². The molecule has 0 fully saturated rings. The molecule has 7 heteroatoms. The van der Waals surface area contributed by atoms with Gasteiger partial charge in [-0.05, 0) is 175 Å². The zero-order valence-electron chi connectivity index (χ0n) is 36.2. The van der Waals surface area contributed by atoms with Crippen molar-refractivity contribution in [1.29, 1.82) is 0 Å². The Bertz CT molecular complexity index is 2230. The maximum Gasteiger partial charge on any atom is 0.333 e. The Labute approximate surface area is 361 Å². The summed E-state index contributed by atoms with van der Waals surface area (Å²) in [5, 5.41) is 0. The van der Waals surface area contributed by atoms with Gasteiger partial charge in [0.25, 0.3) is 0 Å². The van der Waals surface area contributed by atoms with Crippen molar-refractivity contribution in [3.63, 3.8) is 0 Å². The van der Waals surface area contributed by atoms with Gasteiger partial charge in [-0.15, -0.1) is 0 Å². The van der Waals surface area contributed by atoms with Gasteiger partial charge in [0.2, 0.25) is 0 Å². The van der Waals surface area contributed by atoms with Crippen molar-refractivity contribution in [2.24, 2.45) is 0 Å². The predicted octanol–water partition coefficient (Wildman–Crippen LogP) is 13.9. The second kappa shape index (κ2) is 21.4. The molecule has 61 heavy (non-hydrogen) atoms. The van der Waals surface area contributed by atoms with E-state index in [0.717, 1.165) is 71.3 Å². The van der Waals surface area contributed by atoms with Crippen LogP contribution < -0.4 is 14.5 Å². The van der Waals surface area contributed by atoms with Crippen LogP contribution in [0.3, 0.4) is 0 Å². The third-order valence-corrected chi connectivity index (χ3v) is 10.6. The monoisotopic (exact) mass is 812 g/mol. The third-order valence-electron chi connectivity index (χ3n) is 10.6. The minimum absolute atomic E-state index is 0.258. The van der Waals surface area contributed by atoms with Crippen LogP contribution in [0.5, 0.6) is 11.5 Å². The number of hydrogen-bond acceptors (Lipinski definition) is 7. The van der Waals surface area contributed by atoms with Gasteiger partial charge >= 0.3 is 11.9 Å². The first-order chi connectivity index (χ1) is 29.6. The number of ether oxygens (including phenoxy) is 3. The molecular weight excluding hydrogens is 757 g/mol. The van der Waals surface area contributed by atoms with Crippen molar-refractivity contribution in [3.8, 4) is 11.5 Å². The van der Waals surface area contributed by atoms with Crippen LogP contribution in [0.25, 0.3) is 0 Å². The summed E-state index contributed by atoms with van der Waals surface area (Å²) in [4.78, 5) is 28.4. The second-order valence-electron chi connectivity index (χ2n) is 15.2. The molecule has 0 aromatic heterocycles. The van der Waals surface area contributed by atoms with Gasteiger partial charge in [0.05, 0.1) is 13.2 Å². The quantitative estimate of drug-likeness (QED) is 0.0486. The molecule has 312 valence electrons. The number of hydrogen-bond donors (Lipinski definition) is 0. The van der Waals surface area contributed by atoms with E-state index in [2.05, 4.69) is 145 Å². The topological polar surface area (TPSA) is 68.3 Å². The van der Waals surface area contributed by atoms with Gasteiger partial charge in [0, 0.05) is 45.3 Å². The number of allylic oxidation sites excluding steroid dienone is 2. The van der Waals surface area contributed by atoms with Crippen LogP contribution in [0.2, 0.25) is 0 Å². The van der Waals surface area contributed by atoms with Crippen molar-refractivity contribution in [1.82, 2.24) is 0 Å². The second-order valence-corrected chi connectivity index (χ2v) is 15.2. The zero-order valence-corrected chi connectivity index (χ0v) is 36.2. The third kappa shape index (κ3) is 12.1. The summed E-state index contributed by atoms with van der Waals surface area (Å²) in [6, 6.07) is 50.5. The first-order valence-corrected chi connectivity index (χ1v) is 21.0. The zero-order chi connectivity index (χ0) is 43.1. The van der Waals surface area contributed by atoms with Gasteiger partial charge in [-0.3, -0.25) is 0 Å². The molecular formula is C54H56N2O5. The molecule has 0 aliphatic heterocycles. The molecule has 0 heterocycles. The number of carbonyl (C=O) groups excluding carboxylic acids is 2. The average Bonchev–Trinajstić information content (AvgIpc) is 3.29. The Balaban J connectivity index is 1.13. The summed E-state index contributed by atoms with van der Waals surface area (Å²) in [5.41, 5.74) is 12.2. The first kappa shape index (κ1) is 43.7. The molecule has 0 spiro atoms. The minimum atomic E-state index is -0.258. The van der Waals surface area contributed by atoms with Crippen molar-refractivity contribution in [2.75, 3.05) is 23.0 Å². The Kier molecular flexibility index (Phi) is 15.3. The molecule has 0 radical (unpaired) electrons. The lowest BCUT2D eigenvalue weighted by atomic mass is 10.1. The van der Waals surface area contributed by atoms with Gasteiger partial charge in [-0.1, -0.05) is 71.8 Å². The van der Waals surface area contributed by atoms with Crippen LogP contribution in [0.15, 0.2) is 169 Å². The molecule has 6 rings (SSSR count). The molecule has 0 saturated heterocycles. The Morgan fingerprint density at radius 2 is 0.721 bits per heavy atom. The Hall–Kier alpha value is -6.86. The number of benzene rings is 6. The molecule has 0 amide bonds. The molecule has 7 nitrogen and oxygen atoms in total. The molecule has 0 unspecified atom stereocenters. The van der Waals surface area contributed by atoms with E-state index in [4.69, 9.17) is 14.2 Å². The van der Waals surface area contributed by atoms with Gasteiger partial charge < -0.3 is 24.0 Å². The molecule has 0 atom stereocenters. The van der Waals surface area contributed by atoms with E-state index in [-0.39, 0.29) is 11.9 Å². The normalized spacial score (nSPS) is 11.5. The van der Waals surface area contributed by atoms with Gasteiger partial charge in [-0.25, -0.2) is 9.59 Å². The molecule has 0 bridgehead atoms. The number of anilines is 6. The number of aryl methyl sites for hydroxylation is 4. The lowest BCUT2D eigenvalue weighted by Crippen LogP contribution is -2.10. The highest BCUT2D eigenvalue weighted by Gasteiger charge is 2.16. The number of carbonyl (C=O) groups is 2. The van der Waals surface area contributed by atoms with Gasteiger partial charge in [-0.2, -0.15) is 0 Å². The van der Waals surface area contributed by atoms with Crippen molar-refractivity contribution in [3.05, 3.63) is 191 Å². The van der Waals surface area contributed by atoms with E-state index in [1.165, 1.54) is 22.3 Å². The fourth-order valence-corrected chi connectivity index (χ4v) is 6.71. The highest BCUT2D eigenvalue weighted by atomic mass is 16.5. The summed E-state index contributed by atoms with van der Waals surface area (Å²) in [6.45, 7) is 12.2. The highest BCUT2D eigenvalue weighted by Crippen LogP contribution is 2.38.